The fourth-order valence-electron chi connectivity index (χ4n) is 1.34. The van der Waals surface area contributed by atoms with Gasteiger partial charge in [0, 0.05) is 19.6 Å². The van der Waals surface area contributed by atoms with E-state index in [0.717, 1.165) is 5.56 Å². The Hall–Kier alpha value is -2.08. The van der Waals surface area contributed by atoms with Crippen molar-refractivity contribution >= 4 is 11.9 Å². The molecule has 6 nitrogen and oxygen atoms in total. The number of carbonyl (C=O) groups excluding carboxylic acids is 2. The van der Waals surface area contributed by atoms with Crippen molar-refractivity contribution in [2.24, 2.45) is 5.73 Å². The quantitative estimate of drug-likeness (QED) is 0.494. The van der Waals surface area contributed by atoms with Crippen LogP contribution < -0.4 is 21.7 Å². The lowest BCUT2D eigenvalue weighted by molar-refractivity contribution is -0.120. The lowest BCUT2D eigenvalue weighted by atomic mass is 10.2. The first-order valence-corrected chi connectivity index (χ1v) is 5.73. The maximum atomic E-state index is 11.4. The molecule has 1 rings (SSSR count). The van der Waals surface area contributed by atoms with E-state index in [9.17, 15) is 9.59 Å². The van der Waals surface area contributed by atoms with E-state index in [1.807, 2.05) is 30.3 Å². The van der Waals surface area contributed by atoms with Crippen molar-refractivity contribution in [3.05, 3.63) is 35.9 Å². The fourth-order valence-corrected chi connectivity index (χ4v) is 1.34. The van der Waals surface area contributed by atoms with E-state index in [-0.39, 0.29) is 12.5 Å². The molecule has 5 N–H and O–H groups in total. The minimum Gasteiger partial charge on any atom is -0.352 e. The topological polar surface area (TPSA) is 96.2 Å². The first-order chi connectivity index (χ1) is 8.68. The standard InChI is InChI=1S/C12H18N4O2/c13-12(18)15-7-6-14-9-11(17)16-8-10-4-2-1-3-5-10/h1-5,14H,6-9H2,(H,16,17)(H3,13,15,18). The summed E-state index contributed by atoms with van der Waals surface area (Å²) >= 11 is 0. The SMILES string of the molecule is NC(=O)NCCNCC(=O)NCc1ccccc1. The van der Waals surface area contributed by atoms with Crippen LogP contribution in [0.4, 0.5) is 4.79 Å². The second-order valence-corrected chi connectivity index (χ2v) is 3.73. The number of amides is 3. The summed E-state index contributed by atoms with van der Waals surface area (Å²) in [7, 11) is 0. The Morgan fingerprint density at radius 1 is 1.06 bits per heavy atom. The van der Waals surface area contributed by atoms with Crippen LogP contribution in [0.1, 0.15) is 5.56 Å². The highest BCUT2D eigenvalue weighted by Crippen LogP contribution is 1.96. The van der Waals surface area contributed by atoms with Gasteiger partial charge in [-0.15, -0.1) is 0 Å². The highest BCUT2D eigenvalue weighted by molar-refractivity contribution is 5.78. The Morgan fingerprint density at radius 3 is 2.44 bits per heavy atom. The third-order valence-corrected chi connectivity index (χ3v) is 2.22. The van der Waals surface area contributed by atoms with Gasteiger partial charge in [0.05, 0.1) is 6.54 Å². The predicted octanol–water partition coefficient (Wildman–Crippen LogP) is -0.439. The van der Waals surface area contributed by atoms with Crippen LogP contribution >= 0.6 is 0 Å². The summed E-state index contributed by atoms with van der Waals surface area (Å²) in [5.74, 6) is -0.0853. The molecule has 0 saturated heterocycles. The molecule has 0 fully saturated rings. The van der Waals surface area contributed by atoms with Gasteiger partial charge in [0.15, 0.2) is 0 Å². The molecule has 0 unspecified atom stereocenters. The molecule has 3 amide bonds. The van der Waals surface area contributed by atoms with Gasteiger partial charge in [0.2, 0.25) is 5.91 Å². The number of urea groups is 1. The zero-order valence-electron chi connectivity index (χ0n) is 10.1. The van der Waals surface area contributed by atoms with E-state index >= 15 is 0 Å². The van der Waals surface area contributed by atoms with Crippen molar-refractivity contribution in [3.63, 3.8) is 0 Å². The van der Waals surface area contributed by atoms with Crippen LogP contribution in [0.25, 0.3) is 0 Å². The normalized spacial score (nSPS) is 9.78. The zero-order chi connectivity index (χ0) is 13.2. The Labute approximate surface area is 106 Å². The van der Waals surface area contributed by atoms with Crippen molar-refractivity contribution in [2.75, 3.05) is 19.6 Å². The molecule has 0 spiro atoms. The highest BCUT2D eigenvalue weighted by Gasteiger charge is 2.00. The summed E-state index contributed by atoms with van der Waals surface area (Å²) in [5, 5.41) is 8.10. The smallest absolute Gasteiger partial charge is 0.312 e. The van der Waals surface area contributed by atoms with Crippen LogP contribution in [0.2, 0.25) is 0 Å². The third-order valence-electron chi connectivity index (χ3n) is 2.22. The molecule has 0 atom stereocenters. The molecule has 98 valence electrons. The van der Waals surface area contributed by atoms with E-state index in [0.29, 0.717) is 19.6 Å². The summed E-state index contributed by atoms with van der Waals surface area (Å²) in [5.41, 5.74) is 5.95. The molecule has 6 heteroatoms. The maximum absolute atomic E-state index is 11.4. The predicted molar refractivity (Wildman–Crippen MR) is 68.7 cm³/mol. The van der Waals surface area contributed by atoms with E-state index in [2.05, 4.69) is 16.0 Å². The summed E-state index contributed by atoms with van der Waals surface area (Å²) in [6.07, 6.45) is 0. The molecule has 0 saturated carbocycles. The number of primary amides is 1. The Bertz CT molecular complexity index is 381. The molecule has 0 radical (unpaired) electrons. The molecule has 0 aliphatic heterocycles. The van der Waals surface area contributed by atoms with Crippen LogP contribution in [-0.4, -0.2) is 31.6 Å². The number of rotatable bonds is 7. The fraction of sp³-hybridized carbons (Fsp3) is 0.333. The van der Waals surface area contributed by atoms with E-state index in [1.165, 1.54) is 0 Å². The Kier molecular flexibility index (Phi) is 6.27. The number of hydrogen-bond donors (Lipinski definition) is 4. The highest BCUT2D eigenvalue weighted by atomic mass is 16.2. The van der Waals surface area contributed by atoms with Gasteiger partial charge < -0.3 is 21.7 Å². The third kappa shape index (κ3) is 6.49. The van der Waals surface area contributed by atoms with Crippen LogP contribution in [0.3, 0.4) is 0 Å². The maximum Gasteiger partial charge on any atom is 0.312 e. The number of benzene rings is 1. The molecule has 0 aromatic heterocycles. The molecule has 1 aromatic rings. The molecule has 0 aliphatic rings. The van der Waals surface area contributed by atoms with Crippen molar-refractivity contribution in [3.8, 4) is 0 Å². The van der Waals surface area contributed by atoms with Gasteiger partial charge in [-0.05, 0) is 5.56 Å². The number of nitrogens with one attached hydrogen (secondary N) is 3. The molecule has 0 bridgehead atoms. The van der Waals surface area contributed by atoms with Gasteiger partial charge in [-0.25, -0.2) is 4.79 Å². The van der Waals surface area contributed by atoms with Crippen LogP contribution in [0.5, 0.6) is 0 Å². The van der Waals surface area contributed by atoms with Crippen LogP contribution in [0, 0.1) is 0 Å². The zero-order valence-corrected chi connectivity index (χ0v) is 10.1. The Morgan fingerprint density at radius 2 is 1.78 bits per heavy atom. The van der Waals surface area contributed by atoms with E-state index < -0.39 is 6.03 Å². The van der Waals surface area contributed by atoms with Gasteiger partial charge in [0.25, 0.3) is 0 Å². The summed E-state index contributed by atoms with van der Waals surface area (Å²) in [6.45, 7) is 1.64. The molecule has 0 heterocycles. The van der Waals surface area contributed by atoms with Gasteiger partial charge in [-0.3, -0.25) is 4.79 Å². The monoisotopic (exact) mass is 250 g/mol. The van der Waals surface area contributed by atoms with Crippen molar-refractivity contribution in [1.82, 2.24) is 16.0 Å². The molecule has 18 heavy (non-hydrogen) atoms. The van der Waals surface area contributed by atoms with Gasteiger partial charge >= 0.3 is 6.03 Å². The molecular formula is C12H18N4O2. The molecule has 0 aliphatic carbocycles. The number of hydrogen-bond acceptors (Lipinski definition) is 3. The Balaban J connectivity index is 2.06. The first kappa shape index (κ1) is 14.0. The molecule has 1 aromatic carbocycles. The average molecular weight is 250 g/mol. The second kappa shape index (κ2) is 8.08. The molecular weight excluding hydrogens is 232 g/mol. The van der Waals surface area contributed by atoms with E-state index in [1.54, 1.807) is 0 Å². The van der Waals surface area contributed by atoms with Crippen molar-refractivity contribution < 1.29 is 9.59 Å². The van der Waals surface area contributed by atoms with Gasteiger partial charge in [-0.2, -0.15) is 0 Å². The van der Waals surface area contributed by atoms with E-state index in [4.69, 9.17) is 5.73 Å². The lowest BCUT2D eigenvalue weighted by Gasteiger charge is -2.07. The average Bonchev–Trinajstić information content (AvgIpc) is 2.37. The summed E-state index contributed by atoms with van der Waals surface area (Å²) in [4.78, 5) is 21.8. The number of carbonyl (C=O) groups is 2. The minimum atomic E-state index is -0.565. The van der Waals surface area contributed by atoms with Crippen LogP contribution in [-0.2, 0) is 11.3 Å². The lowest BCUT2D eigenvalue weighted by Crippen LogP contribution is -2.39. The summed E-state index contributed by atoms with van der Waals surface area (Å²) in [6, 6.07) is 9.11. The van der Waals surface area contributed by atoms with Gasteiger partial charge in [0.1, 0.15) is 0 Å². The number of nitrogens with two attached hydrogens (primary N) is 1. The second-order valence-electron chi connectivity index (χ2n) is 3.73. The van der Waals surface area contributed by atoms with Crippen molar-refractivity contribution in [1.29, 1.82) is 0 Å². The minimum absolute atomic E-state index is 0.0853. The largest absolute Gasteiger partial charge is 0.352 e. The van der Waals surface area contributed by atoms with Gasteiger partial charge in [-0.1, -0.05) is 30.3 Å². The van der Waals surface area contributed by atoms with Crippen LogP contribution in [0.15, 0.2) is 30.3 Å². The first-order valence-electron chi connectivity index (χ1n) is 5.73. The van der Waals surface area contributed by atoms with Crippen molar-refractivity contribution in [2.45, 2.75) is 6.54 Å². The summed E-state index contributed by atoms with van der Waals surface area (Å²) < 4.78 is 0.